The summed E-state index contributed by atoms with van der Waals surface area (Å²) in [5.74, 6) is -1.35. The smallest absolute Gasteiger partial charge is 0.339 e. The summed E-state index contributed by atoms with van der Waals surface area (Å²) in [4.78, 5) is 38.1. The van der Waals surface area contributed by atoms with Crippen LogP contribution in [0.15, 0.2) is 120 Å². The van der Waals surface area contributed by atoms with Crippen LogP contribution < -0.4 is 14.8 Å². The number of hydrogen-bond donors (Lipinski definition) is 2. The highest BCUT2D eigenvalue weighted by molar-refractivity contribution is 7.87. The van der Waals surface area contributed by atoms with E-state index in [9.17, 15) is 22.8 Å². The maximum Gasteiger partial charge on any atom is 0.339 e. The van der Waals surface area contributed by atoms with Gasteiger partial charge < -0.3 is 19.6 Å². The van der Waals surface area contributed by atoms with Gasteiger partial charge in [-0.3, -0.25) is 14.4 Å². The van der Waals surface area contributed by atoms with Gasteiger partial charge in [0.15, 0.2) is 0 Å². The molecule has 0 radical (unpaired) electrons. The van der Waals surface area contributed by atoms with E-state index in [1.54, 1.807) is 54.6 Å². The van der Waals surface area contributed by atoms with Crippen LogP contribution in [0.4, 0.5) is 0 Å². The van der Waals surface area contributed by atoms with E-state index in [-0.39, 0.29) is 41.9 Å². The summed E-state index contributed by atoms with van der Waals surface area (Å²) in [6, 6.07) is 30.1. The van der Waals surface area contributed by atoms with E-state index in [0.717, 1.165) is 11.1 Å². The standard InChI is InChI=1S/C34H32N2O7S/c1-25-14-20-30(21-15-25)44(40,41)43-29-18-16-26(17-19-29)23-31(36-33(38)28-11-6-3-7-12-28)34(39)35-22-8-13-32(37)42-24-27-9-4-2-5-10-27/h2-7,9-12,14-21,23H,8,13,22,24H2,1H3,(H,35,39)(H,36,38)/b31-23+. The second-order valence-electron chi connectivity index (χ2n) is 9.80. The highest BCUT2D eigenvalue weighted by Gasteiger charge is 2.17. The number of carbonyl (C=O) groups is 3. The van der Waals surface area contributed by atoms with E-state index in [4.69, 9.17) is 8.92 Å². The number of benzene rings is 4. The lowest BCUT2D eigenvalue weighted by Gasteiger charge is -2.12. The van der Waals surface area contributed by atoms with Crippen molar-refractivity contribution in [3.05, 3.63) is 137 Å². The van der Waals surface area contributed by atoms with Gasteiger partial charge in [-0.15, -0.1) is 0 Å². The lowest BCUT2D eigenvalue weighted by Crippen LogP contribution is -2.35. The van der Waals surface area contributed by atoms with Crippen molar-refractivity contribution in [2.45, 2.75) is 31.3 Å². The molecule has 0 atom stereocenters. The minimum atomic E-state index is -4.03. The molecule has 0 fully saturated rings. The molecular weight excluding hydrogens is 580 g/mol. The predicted octanol–water partition coefficient (Wildman–Crippen LogP) is 5.17. The van der Waals surface area contributed by atoms with Gasteiger partial charge in [-0.05, 0) is 66.9 Å². The van der Waals surface area contributed by atoms with E-state index >= 15 is 0 Å². The van der Waals surface area contributed by atoms with E-state index < -0.39 is 21.9 Å². The molecule has 4 aromatic rings. The zero-order valence-electron chi connectivity index (χ0n) is 24.1. The van der Waals surface area contributed by atoms with E-state index in [2.05, 4.69) is 10.6 Å². The fourth-order valence-corrected chi connectivity index (χ4v) is 4.88. The number of ether oxygens (including phenoxy) is 1. The summed E-state index contributed by atoms with van der Waals surface area (Å²) in [5.41, 5.74) is 2.63. The van der Waals surface area contributed by atoms with Gasteiger partial charge in [0.25, 0.3) is 11.8 Å². The van der Waals surface area contributed by atoms with Crippen LogP contribution in [0.2, 0.25) is 0 Å². The minimum Gasteiger partial charge on any atom is -0.461 e. The number of hydrogen-bond acceptors (Lipinski definition) is 7. The number of aryl methyl sites for hydroxylation is 1. The van der Waals surface area contributed by atoms with Crippen molar-refractivity contribution in [3.8, 4) is 5.75 Å². The second-order valence-corrected chi connectivity index (χ2v) is 11.3. The maximum atomic E-state index is 13.1. The van der Waals surface area contributed by atoms with Crippen LogP contribution in [0.25, 0.3) is 6.08 Å². The van der Waals surface area contributed by atoms with Gasteiger partial charge in [-0.2, -0.15) is 8.42 Å². The van der Waals surface area contributed by atoms with Crippen LogP contribution in [-0.4, -0.2) is 32.7 Å². The Morgan fingerprint density at radius 2 is 1.43 bits per heavy atom. The van der Waals surface area contributed by atoms with Crippen molar-refractivity contribution in [1.82, 2.24) is 10.6 Å². The third-order valence-corrected chi connectivity index (χ3v) is 7.58. The van der Waals surface area contributed by atoms with Crippen molar-refractivity contribution >= 4 is 34.0 Å². The monoisotopic (exact) mass is 612 g/mol. The fourth-order valence-electron chi connectivity index (χ4n) is 3.95. The number of amides is 2. The average molecular weight is 613 g/mol. The van der Waals surface area contributed by atoms with E-state index in [0.29, 0.717) is 17.5 Å². The fraction of sp³-hybridized carbons (Fsp3) is 0.147. The molecule has 0 heterocycles. The molecule has 0 bridgehead atoms. The van der Waals surface area contributed by atoms with Crippen molar-refractivity contribution < 1.29 is 31.7 Å². The third-order valence-electron chi connectivity index (χ3n) is 6.32. The molecule has 44 heavy (non-hydrogen) atoms. The Labute approximate surface area is 256 Å². The highest BCUT2D eigenvalue weighted by Crippen LogP contribution is 2.20. The van der Waals surface area contributed by atoms with Crippen molar-refractivity contribution in [1.29, 1.82) is 0 Å². The lowest BCUT2D eigenvalue weighted by molar-refractivity contribution is -0.145. The Hall–Kier alpha value is -5.22. The molecule has 0 aliphatic carbocycles. The normalized spacial score (nSPS) is 11.3. The minimum absolute atomic E-state index is 0.0270. The summed E-state index contributed by atoms with van der Waals surface area (Å²) in [6.45, 7) is 2.19. The van der Waals surface area contributed by atoms with Gasteiger partial charge in [0.2, 0.25) is 0 Å². The first-order valence-corrected chi connectivity index (χ1v) is 15.3. The Morgan fingerprint density at radius 3 is 2.09 bits per heavy atom. The van der Waals surface area contributed by atoms with Gasteiger partial charge in [-0.25, -0.2) is 0 Å². The average Bonchev–Trinajstić information content (AvgIpc) is 3.03. The molecule has 4 rings (SSSR count). The molecule has 10 heteroatoms. The lowest BCUT2D eigenvalue weighted by atomic mass is 10.1. The van der Waals surface area contributed by atoms with Crippen LogP contribution in [0.1, 0.15) is 39.9 Å². The van der Waals surface area contributed by atoms with Gasteiger partial charge in [-0.1, -0.05) is 78.4 Å². The Balaban J connectivity index is 1.39. The first kappa shape index (κ1) is 31.7. The van der Waals surface area contributed by atoms with Crippen LogP contribution >= 0.6 is 0 Å². The van der Waals surface area contributed by atoms with Crippen molar-refractivity contribution in [2.75, 3.05) is 6.54 Å². The van der Waals surface area contributed by atoms with Crippen LogP contribution in [0.3, 0.4) is 0 Å². The maximum absolute atomic E-state index is 13.1. The van der Waals surface area contributed by atoms with Gasteiger partial charge in [0, 0.05) is 18.5 Å². The molecule has 0 saturated heterocycles. The Morgan fingerprint density at radius 1 is 0.795 bits per heavy atom. The molecule has 0 spiro atoms. The van der Waals surface area contributed by atoms with Crippen LogP contribution in [-0.2, 0) is 31.1 Å². The zero-order chi connectivity index (χ0) is 31.4. The highest BCUT2D eigenvalue weighted by atomic mass is 32.2. The van der Waals surface area contributed by atoms with E-state index in [1.165, 1.54) is 30.3 Å². The molecule has 9 nitrogen and oxygen atoms in total. The molecular formula is C34H32N2O7S. The SMILES string of the molecule is Cc1ccc(S(=O)(=O)Oc2ccc(/C=C(/NC(=O)c3ccccc3)C(=O)NCCCC(=O)OCc3ccccc3)cc2)cc1. The van der Waals surface area contributed by atoms with Crippen LogP contribution in [0, 0.1) is 6.92 Å². The topological polar surface area (TPSA) is 128 Å². The summed E-state index contributed by atoms with van der Waals surface area (Å²) in [7, 11) is -4.03. The van der Waals surface area contributed by atoms with Gasteiger partial charge in [0.1, 0.15) is 22.9 Å². The summed E-state index contributed by atoms with van der Waals surface area (Å²) in [5, 5.41) is 5.36. The molecule has 2 N–H and O–H groups in total. The molecule has 0 aromatic heterocycles. The number of carbonyl (C=O) groups excluding carboxylic acids is 3. The summed E-state index contributed by atoms with van der Waals surface area (Å²) < 4.78 is 35.8. The quantitative estimate of drug-likeness (QED) is 0.0923. The van der Waals surface area contributed by atoms with Gasteiger partial charge >= 0.3 is 16.1 Å². The molecule has 226 valence electrons. The van der Waals surface area contributed by atoms with Crippen molar-refractivity contribution in [3.63, 3.8) is 0 Å². The molecule has 2 amide bonds. The predicted molar refractivity (Wildman–Crippen MR) is 166 cm³/mol. The zero-order valence-corrected chi connectivity index (χ0v) is 24.9. The molecule has 4 aromatic carbocycles. The number of esters is 1. The first-order chi connectivity index (χ1) is 21.2. The molecule has 0 saturated carbocycles. The summed E-state index contributed by atoms with van der Waals surface area (Å²) >= 11 is 0. The van der Waals surface area contributed by atoms with Crippen LogP contribution in [0.5, 0.6) is 5.75 Å². The molecule has 0 unspecified atom stereocenters. The number of rotatable bonds is 13. The van der Waals surface area contributed by atoms with E-state index in [1.807, 2.05) is 37.3 Å². The molecule has 0 aliphatic rings. The largest absolute Gasteiger partial charge is 0.461 e. The first-order valence-electron chi connectivity index (χ1n) is 13.9. The Kier molecular flexibility index (Phi) is 11.0. The second kappa shape index (κ2) is 15.3. The third kappa shape index (κ3) is 9.67. The van der Waals surface area contributed by atoms with Crippen molar-refractivity contribution in [2.24, 2.45) is 0 Å². The molecule has 0 aliphatic heterocycles. The van der Waals surface area contributed by atoms with Gasteiger partial charge in [0.05, 0.1) is 0 Å². The number of nitrogens with one attached hydrogen (secondary N) is 2. The Bertz CT molecular complexity index is 1700. The summed E-state index contributed by atoms with van der Waals surface area (Å²) in [6.07, 6.45) is 1.90.